The van der Waals surface area contributed by atoms with Crippen molar-refractivity contribution in [3.63, 3.8) is 0 Å². The zero-order valence-corrected chi connectivity index (χ0v) is 9.47. The summed E-state index contributed by atoms with van der Waals surface area (Å²) in [6.45, 7) is 1.72. The molecule has 0 aliphatic carbocycles. The highest BCUT2D eigenvalue weighted by atomic mass is 16.5. The molecule has 0 saturated carbocycles. The summed E-state index contributed by atoms with van der Waals surface area (Å²) in [6.07, 6.45) is 0. The smallest absolute Gasteiger partial charge is 0.294 e. The Hall–Kier alpha value is -2.63. The van der Waals surface area contributed by atoms with Crippen LogP contribution in [0.15, 0.2) is 33.6 Å². The Bertz CT molecular complexity index is 771. The number of nitrogens with zero attached hydrogens (tertiary/aromatic N) is 2. The van der Waals surface area contributed by atoms with Gasteiger partial charge in [0, 0.05) is 5.56 Å². The van der Waals surface area contributed by atoms with E-state index in [2.05, 4.69) is 15.4 Å². The predicted molar refractivity (Wildman–Crippen MR) is 64.3 cm³/mol. The Labute approximate surface area is 101 Å². The number of aromatic nitrogens is 3. The molecule has 0 aliphatic rings. The first kappa shape index (κ1) is 10.5. The van der Waals surface area contributed by atoms with Crippen molar-refractivity contribution < 1.29 is 9.63 Å². The molecule has 0 saturated heterocycles. The van der Waals surface area contributed by atoms with Crippen LogP contribution < -0.4 is 5.56 Å². The van der Waals surface area contributed by atoms with E-state index in [9.17, 15) is 9.90 Å². The van der Waals surface area contributed by atoms with Crippen molar-refractivity contribution in [2.75, 3.05) is 0 Å². The molecule has 0 spiro atoms. The lowest BCUT2D eigenvalue weighted by Crippen LogP contribution is -2.09. The number of fused-ring (bicyclic) bond motifs is 1. The summed E-state index contributed by atoms with van der Waals surface area (Å²) in [5, 5.41) is 20.0. The van der Waals surface area contributed by atoms with Gasteiger partial charge in [-0.3, -0.25) is 4.79 Å². The van der Waals surface area contributed by atoms with Crippen LogP contribution in [0.5, 0.6) is 5.75 Å². The lowest BCUT2D eigenvalue weighted by Gasteiger charge is -2.01. The highest BCUT2D eigenvalue weighted by molar-refractivity contribution is 5.92. The predicted octanol–water partition coefficient (Wildman–Crippen LogP) is 1.59. The Morgan fingerprint density at radius 2 is 2.00 bits per heavy atom. The van der Waals surface area contributed by atoms with Crippen LogP contribution in [0.3, 0.4) is 0 Å². The maximum Gasteiger partial charge on any atom is 0.294 e. The number of aryl methyl sites for hydroxylation is 1. The molecule has 3 aromatic rings. The third-order valence-corrected chi connectivity index (χ3v) is 2.72. The molecule has 0 atom stereocenters. The third-order valence-electron chi connectivity index (χ3n) is 2.72. The molecule has 6 nitrogen and oxygen atoms in total. The molecule has 2 heterocycles. The monoisotopic (exact) mass is 243 g/mol. The van der Waals surface area contributed by atoms with E-state index in [1.165, 1.54) is 0 Å². The van der Waals surface area contributed by atoms with Crippen molar-refractivity contribution in [3.8, 4) is 17.0 Å². The lowest BCUT2D eigenvalue weighted by molar-refractivity contribution is 0.405. The average Bonchev–Trinajstić information content (AvgIpc) is 2.75. The lowest BCUT2D eigenvalue weighted by atomic mass is 10.1. The van der Waals surface area contributed by atoms with Crippen LogP contribution in [0.25, 0.3) is 22.2 Å². The molecule has 0 amide bonds. The van der Waals surface area contributed by atoms with Gasteiger partial charge in [-0.15, -0.1) is 0 Å². The summed E-state index contributed by atoms with van der Waals surface area (Å²) >= 11 is 0. The van der Waals surface area contributed by atoms with Crippen LogP contribution in [0.4, 0.5) is 0 Å². The topological polar surface area (TPSA) is 92.0 Å². The Morgan fingerprint density at radius 3 is 2.72 bits per heavy atom. The second-order valence-corrected chi connectivity index (χ2v) is 3.91. The molecule has 0 unspecified atom stereocenters. The number of hydrogen-bond donors (Lipinski definition) is 2. The summed E-state index contributed by atoms with van der Waals surface area (Å²) in [7, 11) is 0. The third kappa shape index (κ3) is 1.46. The Balaban J connectivity index is 2.36. The summed E-state index contributed by atoms with van der Waals surface area (Å²) in [4.78, 5) is 11.5. The van der Waals surface area contributed by atoms with Gasteiger partial charge in [-0.05, 0) is 31.2 Å². The fraction of sp³-hybridized carbons (Fsp3) is 0.0833. The van der Waals surface area contributed by atoms with E-state index < -0.39 is 0 Å². The van der Waals surface area contributed by atoms with Crippen LogP contribution >= 0.6 is 0 Å². The van der Waals surface area contributed by atoms with E-state index in [1.54, 1.807) is 31.2 Å². The zero-order chi connectivity index (χ0) is 12.7. The molecule has 3 rings (SSSR count). The summed E-state index contributed by atoms with van der Waals surface area (Å²) in [5.74, 6) is 0.702. The molecular formula is C12H9N3O3. The van der Waals surface area contributed by atoms with E-state index >= 15 is 0 Å². The number of phenols is 1. The molecule has 6 heteroatoms. The maximum atomic E-state index is 11.5. The van der Waals surface area contributed by atoms with Gasteiger partial charge >= 0.3 is 0 Å². The van der Waals surface area contributed by atoms with Crippen molar-refractivity contribution in [2.45, 2.75) is 6.92 Å². The maximum absolute atomic E-state index is 11.5. The van der Waals surface area contributed by atoms with Crippen LogP contribution in [0, 0.1) is 6.92 Å². The van der Waals surface area contributed by atoms with E-state index in [4.69, 9.17) is 4.52 Å². The standard InChI is InChI=1S/C12H9N3O3/c1-6-9-10(7-2-4-8(16)5-3-7)13-14-12(17)11(9)15-18-6/h2-5,16H,1H3,(H,14,17). The first-order valence-electron chi connectivity index (χ1n) is 5.31. The van der Waals surface area contributed by atoms with Crippen LogP contribution in [-0.4, -0.2) is 20.5 Å². The van der Waals surface area contributed by atoms with Crippen molar-refractivity contribution in [2.24, 2.45) is 0 Å². The largest absolute Gasteiger partial charge is 0.508 e. The highest BCUT2D eigenvalue weighted by Gasteiger charge is 2.15. The molecule has 0 aliphatic heterocycles. The van der Waals surface area contributed by atoms with Crippen LogP contribution in [0.1, 0.15) is 5.76 Å². The molecular weight excluding hydrogens is 234 g/mol. The number of benzene rings is 1. The summed E-state index contributed by atoms with van der Waals surface area (Å²) < 4.78 is 5.02. The minimum Gasteiger partial charge on any atom is -0.508 e. The summed E-state index contributed by atoms with van der Waals surface area (Å²) in [6, 6.07) is 6.53. The molecule has 0 fully saturated rings. The average molecular weight is 243 g/mol. The van der Waals surface area contributed by atoms with Crippen molar-refractivity contribution in [1.29, 1.82) is 0 Å². The van der Waals surface area contributed by atoms with E-state index in [0.717, 1.165) is 5.56 Å². The van der Waals surface area contributed by atoms with E-state index in [1.807, 2.05) is 0 Å². The zero-order valence-electron chi connectivity index (χ0n) is 9.47. The molecule has 0 bridgehead atoms. The molecule has 2 N–H and O–H groups in total. The number of hydrogen-bond acceptors (Lipinski definition) is 5. The number of H-pyrrole nitrogens is 1. The van der Waals surface area contributed by atoms with Crippen molar-refractivity contribution in [3.05, 3.63) is 40.4 Å². The first-order valence-corrected chi connectivity index (χ1v) is 5.31. The normalized spacial score (nSPS) is 10.9. The van der Waals surface area contributed by atoms with Crippen LogP contribution in [-0.2, 0) is 0 Å². The van der Waals surface area contributed by atoms with Gasteiger partial charge in [-0.25, -0.2) is 5.10 Å². The van der Waals surface area contributed by atoms with Crippen LogP contribution in [0.2, 0.25) is 0 Å². The second-order valence-electron chi connectivity index (χ2n) is 3.91. The van der Waals surface area contributed by atoms with Gasteiger partial charge in [-0.2, -0.15) is 5.10 Å². The minimum absolute atomic E-state index is 0.168. The highest BCUT2D eigenvalue weighted by Crippen LogP contribution is 2.27. The van der Waals surface area contributed by atoms with Gasteiger partial charge in [0.25, 0.3) is 5.56 Å². The first-order chi connectivity index (χ1) is 8.66. The molecule has 18 heavy (non-hydrogen) atoms. The minimum atomic E-state index is -0.385. The fourth-order valence-corrected chi connectivity index (χ4v) is 1.85. The number of phenolic OH excluding ortho intramolecular Hbond substituents is 1. The van der Waals surface area contributed by atoms with Gasteiger partial charge in [-0.1, -0.05) is 5.16 Å². The summed E-state index contributed by atoms with van der Waals surface area (Å²) in [5.41, 5.74) is 1.18. The SMILES string of the molecule is Cc1onc2c(=O)[nH]nc(-c3ccc(O)cc3)c12. The van der Waals surface area contributed by atoms with Gasteiger partial charge in [0.05, 0.1) is 5.39 Å². The van der Waals surface area contributed by atoms with Crippen molar-refractivity contribution in [1.82, 2.24) is 15.4 Å². The van der Waals surface area contributed by atoms with Gasteiger partial charge < -0.3 is 9.63 Å². The van der Waals surface area contributed by atoms with Gasteiger partial charge in [0.2, 0.25) is 0 Å². The molecule has 0 radical (unpaired) electrons. The van der Waals surface area contributed by atoms with Crippen molar-refractivity contribution >= 4 is 10.9 Å². The van der Waals surface area contributed by atoms with E-state index in [-0.39, 0.29) is 16.8 Å². The molecule has 90 valence electrons. The Kier molecular flexibility index (Phi) is 2.16. The van der Waals surface area contributed by atoms with Gasteiger partial charge in [0.1, 0.15) is 17.2 Å². The van der Waals surface area contributed by atoms with E-state index in [0.29, 0.717) is 16.8 Å². The number of aromatic hydroxyl groups is 1. The second kappa shape index (κ2) is 3.69. The Morgan fingerprint density at radius 1 is 1.28 bits per heavy atom. The number of nitrogens with one attached hydrogen (secondary N) is 1. The quantitative estimate of drug-likeness (QED) is 0.677. The number of aromatic amines is 1. The molecule has 2 aromatic heterocycles. The van der Waals surface area contributed by atoms with Gasteiger partial charge in [0.15, 0.2) is 5.52 Å². The number of rotatable bonds is 1. The fourth-order valence-electron chi connectivity index (χ4n) is 1.85. The molecule has 1 aromatic carbocycles.